The van der Waals surface area contributed by atoms with E-state index in [1.165, 1.54) is 17.5 Å². The van der Waals surface area contributed by atoms with Gasteiger partial charge < -0.3 is 14.5 Å². The molecule has 5 nitrogen and oxygen atoms in total. The van der Waals surface area contributed by atoms with Crippen LogP contribution in [0.2, 0.25) is 0 Å². The van der Waals surface area contributed by atoms with E-state index in [1.54, 1.807) is 18.0 Å². The lowest BCUT2D eigenvalue weighted by Gasteiger charge is -2.19. The number of likely N-dealkylation sites (N-methyl/N-ethyl adjacent to an activating group) is 1. The number of amides is 1. The van der Waals surface area contributed by atoms with E-state index < -0.39 is 5.97 Å². The van der Waals surface area contributed by atoms with Crippen LogP contribution in [0, 0.1) is 0 Å². The second-order valence-corrected chi connectivity index (χ2v) is 7.58. The molecule has 0 aromatic heterocycles. The molecule has 0 radical (unpaired) electrons. The first-order valence-electron chi connectivity index (χ1n) is 9.73. The van der Waals surface area contributed by atoms with Crippen molar-refractivity contribution in [2.45, 2.75) is 32.2 Å². The number of rotatable bonds is 6. The van der Waals surface area contributed by atoms with Gasteiger partial charge in [-0.15, -0.1) is 0 Å². The van der Waals surface area contributed by atoms with Gasteiger partial charge in [0.05, 0.1) is 5.56 Å². The molecular weight excluding hydrogens is 352 g/mol. The van der Waals surface area contributed by atoms with Gasteiger partial charge in [-0.05, 0) is 66.6 Å². The molecule has 1 amide bonds. The van der Waals surface area contributed by atoms with Gasteiger partial charge in [-0.2, -0.15) is 0 Å². The van der Waals surface area contributed by atoms with Crippen LogP contribution in [0.15, 0.2) is 42.5 Å². The zero-order chi connectivity index (χ0) is 20.1. The molecule has 0 atom stereocenters. The lowest BCUT2D eigenvalue weighted by molar-refractivity contribution is -0.133. The molecule has 2 aromatic rings. The van der Waals surface area contributed by atoms with Crippen molar-refractivity contribution in [2.75, 3.05) is 32.6 Å². The van der Waals surface area contributed by atoms with Crippen molar-refractivity contribution in [1.82, 2.24) is 4.90 Å². The Morgan fingerprint density at radius 2 is 1.61 bits per heavy atom. The predicted molar refractivity (Wildman–Crippen MR) is 111 cm³/mol. The molecule has 0 saturated heterocycles. The van der Waals surface area contributed by atoms with E-state index >= 15 is 0 Å². The van der Waals surface area contributed by atoms with E-state index in [2.05, 4.69) is 0 Å². The molecule has 0 N–H and O–H groups in total. The van der Waals surface area contributed by atoms with Crippen LogP contribution < -0.4 is 4.90 Å². The third-order valence-corrected chi connectivity index (χ3v) is 5.21. The molecule has 3 rings (SSSR count). The lowest BCUT2D eigenvalue weighted by atomic mass is 9.90. The van der Waals surface area contributed by atoms with Crippen molar-refractivity contribution in [3.05, 3.63) is 64.7 Å². The number of aryl methyl sites for hydroxylation is 2. The molecule has 0 unspecified atom stereocenters. The van der Waals surface area contributed by atoms with Crippen molar-refractivity contribution in [3.63, 3.8) is 0 Å². The lowest BCUT2D eigenvalue weighted by Crippen LogP contribution is -2.30. The van der Waals surface area contributed by atoms with Gasteiger partial charge in [-0.25, -0.2) is 4.79 Å². The molecule has 1 aliphatic rings. The fourth-order valence-corrected chi connectivity index (χ4v) is 3.44. The van der Waals surface area contributed by atoms with Crippen LogP contribution in [-0.2, 0) is 28.9 Å². The van der Waals surface area contributed by atoms with Crippen molar-refractivity contribution < 1.29 is 14.3 Å². The number of esters is 1. The number of carbonyl (C=O) groups is 2. The molecule has 1 aliphatic carbocycles. The van der Waals surface area contributed by atoms with Gasteiger partial charge in [0.2, 0.25) is 0 Å². The molecule has 5 heteroatoms. The smallest absolute Gasteiger partial charge is 0.338 e. The van der Waals surface area contributed by atoms with E-state index in [-0.39, 0.29) is 12.5 Å². The van der Waals surface area contributed by atoms with E-state index in [0.29, 0.717) is 12.1 Å². The number of benzene rings is 2. The molecule has 0 bridgehead atoms. The highest BCUT2D eigenvalue weighted by atomic mass is 16.5. The molecule has 28 heavy (non-hydrogen) atoms. The van der Waals surface area contributed by atoms with Gasteiger partial charge in [0, 0.05) is 33.4 Å². The second kappa shape index (κ2) is 8.91. The number of ether oxygens (including phenoxy) is 1. The third-order valence-electron chi connectivity index (χ3n) is 5.21. The summed E-state index contributed by atoms with van der Waals surface area (Å²) < 4.78 is 5.25. The van der Waals surface area contributed by atoms with Crippen LogP contribution in [0.25, 0.3) is 0 Å². The van der Waals surface area contributed by atoms with Crippen molar-refractivity contribution in [1.29, 1.82) is 0 Å². The number of nitrogens with zero attached hydrogens (tertiary/aromatic N) is 2. The molecule has 0 fully saturated rings. The summed E-state index contributed by atoms with van der Waals surface area (Å²) in [5.41, 5.74) is 5.21. The highest BCUT2D eigenvalue weighted by Crippen LogP contribution is 2.22. The van der Waals surface area contributed by atoms with E-state index in [1.807, 2.05) is 55.4 Å². The average Bonchev–Trinajstić information content (AvgIpc) is 2.71. The van der Waals surface area contributed by atoms with Crippen molar-refractivity contribution >= 4 is 17.6 Å². The third kappa shape index (κ3) is 4.91. The Bertz CT molecular complexity index is 843. The van der Waals surface area contributed by atoms with E-state index in [9.17, 15) is 9.59 Å². The Balaban J connectivity index is 1.52. The minimum absolute atomic E-state index is 0.219. The Hall–Kier alpha value is -2.82. The Morgan fingerprint density at radius 3 is 2.29 bits per heavy atom. The van der Waals surface area contributed by atoms with E-state index in [0.717, 1.165) is 30.5 Å². The second-order valence-electron chi connectivity index (χ2n) is 7.58. The van der Waals surface area contributed by atoms with Crippen LogP contribution in [0.5, 0.6) is 0 Å². The normalized spacial score (nSPS) is 12.8. The highest BCUT2D eigenvalue weighted by molar-refractivity contribution is 5.91. The zero-order valence-electron chi connectivity index (χ0n) is 16.9. The van der Waals surface area contributed by atoms with Gasteiger partial charge in [0.1, 0.15) is 0 Å². The van der Waals surface area contributed by atoms with Gasteiger partial charge in [0.25, 0.3) is 5.91 Å². The maximum absolute atomic E-state index is 12.3. The summed E-state index contributed by atoms with van der Waals surface area (Å²) >= 11 is 0. The first-order valence-corrected chi connectivity index (χ1v) is 9.73. The van der Waals surface area contributed by atoms with Gasteiger partial charge >= 0.3 is 5.97 Å². The summed E-state index contributed by atoms with van der Waals surface area (Å²) in [5.74, 6) is -0.659. The Morgan fingerprint density at radius 1 is 0.929 bits per heavy atom. The Kier molecular flexibility index (Phi) is 6.34. The fourth-order valence-electron chi connectivity index (χ4n) is 3.44. The topological polar surface area (TPSA) is 49.9 Å². The summed E-state index contributed by atoms with van der Waals surface area (Å²) in [6.07, 6.45) is 4.44. The van der Waals surface area contributed by atoms with Gasteiger partial charge in [0.15, 0.2) is 6.61 Å². The van der Waals surface area contributed by atoms with Gasteiger partial charge in [-0.3, -0.25) is 4.79 Å². The van der Waals surface area contributed by atoms with E-state index in [4.69, 9.17) is 4.74 Å². The maximum atomic E-state index is 12.3. The summed E-state index contributed by atoms with van der Waals surface area (Å²) in [4.78, 5) is 28.3. The molecular formula is C23H28N2O3. The first-order chi connectivity index (χ1) is 13.4. The minimum Gasteiger partial charge on any atom is -0.452 e. The Labute approximate surface area is 166 Å². The largest absolute Gasteiger partial charge is 0.452 e. The SMILES string of the molecule is CN(Cc1ccc(N(C)C)cc1)C(=O)COC(=O)c1ccc2c(c1)CCCC2. The molecule has 0 saturated carbocycles. The minimum atomic E-state index is -0.439. The monoisotopic (exact) mass is 380 g/mol. The summed E-state index contributed by atoms with van der Waals surface area (Å²) in [5, 5.41) is 0. The summed E-state index contributed by atoms with van der Waals surface area (Å²) in [7, 11) is 5.69. The number of carbonyl (C=O) groups excluding carboxylic acids is 2. The fraction of sp³-hybridized carbons (Fsp3) is 0.391. The zero-order valence-corrected chi connectivity index (χ0v) is 16.9. The van der Waals surface area contributed by atoms with Gasteiger partial charge in [-0.1, -0.05) is 18.2 Å². The van der Waals surface area contributed by atoms with Crippen molar-refractivity contribution in [2.24, 2.45) is 0 Å². The molecule has 0 spiro atoms. The number of fused-ring (bicyclic) bond motifs is 1. The maximum Gasteiger partial charge on any atom is 0.338 e. The summed E-state index contributed by atoms with van der Waals surface area (Å²) in [6, 6.07) is 13.8. The first kappa shape index (κ1) is 19.9. The van der Waals surface area contributed by atoms with Crippen molar-refractivity contribution in [3.8, 4) is 0 Å². The predicted octanol–water partition coefficient (Wildman–Crippen LogP) is 3.45. The standard InChI is InChI=1S/C23H28N2O3/c1-24(2)21-12-8-17(9-13-21)15-25(3)22(26)16-28-23(27)20-11-10-18-6-4-5-7-19(18)14-20/h8-14H,4-7,15-16H2,1-3H3. The molecule has 0 heterocycles. The average molecular weight is 380 g/mol. The number of anilines is 1. The quantitative estimate of drug-likeness (QED) is 0.721. The number of hydrogen-bond donors (Lipinski definition) is 0. The molecule has 148 valence electrons. The van der Waals surface area contributed by atoms with Crippen LogP contribution in [0.4, 0.5) is 5.69 Å². The van der Waals surface area contributed by atoms with Crippen LogP contribution in [0.3, 0.4) is 0 Å². The van der Waals surface area contributed by atoms with Crippen LogP contribution in [0.1, 0.15) is 39.9 Å². The number of hydrogen-bond acceptors (Lipinski definition) is 4. The molecule has 2 aromatic carbocycles. The summed E-state index contributed by atoms with van der Waals surface area (Å²) in [6.45, 7) is 0.227. The highest BCUT2D eigenvalue weighted by Gasteiger charge is 2.16. The van der Waals surface area contributed by atoms with Crippen LogP contribution >= 0.6 is 0 Å². The molecule has 0 aliphatic heterocycles. The van der Waals surface area contributed by atoms with Crippen LogP contribution in [-0.4, -0.2) is 44.5 Å².